The molecule has 0 aliphatic rings. The molecule has 0 radical (unpaired) electrons. The van der Waals surface area contributed by atoms with E-state index in [9.17, 15) is 13.2 Å². The fraction of sp³-hybridized carbons (Fsp3) is 0.0769. The molecule has 1 nitrogen and oxygen atoms in total. The minimum atomic E-state index is -4.63. The Kier molecular flexibility index (Phi) is 4.11. The Hall–Kier alpha value is -1.24. The van der Waals surface area contributed by atoms with E-state index in [2.05, 4.69) is 4.74 Å². The average Bonchev–Trinajstić information content (AvgIpc) is 2.31. The third-order valence-corrected chi connectivity index (χ3v) is 4.68. The van der Waals surface area contributed by atoms with Crippen LogP contribution < -0.4 is 25.9 Å². The largest absolute Gasteiger partial charge is 0.573 e. The van der Waals surface area contributed by atoms with Crippen LogP contribution in [-0.2, 0) is 0 Å². The van der Waals surface area contributed by atoms with Crippen LogP contribution in [0, 0.1) is 7.14 Å². The van der Waals surface area contributed by atoms with Gasteiger partial charge >= 0.3 is 27.6 Å². The van der Waals surface area contributed by atoms with Crippen molar-refractivity contribution in [1.29, 1.82) is 0 Å². The molecule has 0 bridgehead atoms. The van der Waals surface area contributed by atoms with Crippen molar-refractivity contribution in [3.05, 3.63) is 61.7 Å². The van der Waals surface area contributed by atoms with Gasteiger partial charge in [-0.05, 0) is 36.4 Å². The molecule has 2 rings (SSSR count). The van der Waals surface area contributed by atoms with E-state index in [1.54, 1.807) is 12.1 Å². The van der Waals surface area contributed by atoms with E-state index in [0.717, 1.165) is 3.57 Å². The predicted octanol–water partition coefficient (Wildman–Crippen LogP) is 0.714. The van der Waals surface area contributed by atoms with Crippen LogP contribution >= 0.6 is 0 Å². The van der Waals surface area contributed by atoms with Crippen LogP contribution in [0.25, 0.3) is 0 Å². The van der Waals surface area contributed by atoms with Gasteiger partial charge in [-0.25, -0.2) is 0 Å². The summed E-state index contributed by atoms with van der Waals surface area (Å²) in [5.74, 6) is -0.177. The van der Waals surface area contributed by atoms with Crippen LogP contribution in [0.1, 0.15) is 0 Å². The van der Waals surface area contributed by atoms with E-state index in [1.165, 1.54) is 15.7 Å². The summed E-state index contributed by atoms with van der Waals surface area (Å²) in [5.41, 5.74) is 0. The average molecular weight is 365 g/mol. The number of hydrogen-bond donors (Lipinski definition) is 0. The maximum Gasteiger partial charge on any atom is 0.573 e. The maximum absolute atomic E-state index is 12.0. The maximum atomic E-state index is 12.0. The molecule has 0 atom stereocenters. The lowest BCUT2D eigenvalue weighted by molar-refractivity contribution is -0.597. The molecule has 0 fully saturated rings. The zero-order chi connectivity index (χ0) is 13.0. The molecule has 2 aromatic rings. The first-order valence-corrected chi connectivity index (χ1v) is 7.24. The fourth-order valence-electron chi connectivity index (χ4n) is 1.30. The summed E-state index contributed by atoms with van der Waals surface area (Å²) in [5, 5.41) is 0. The summed E-state index contributed by atoms with van der Waals surface area (Å²) in [6.45, 7) is 0. The monoisotopic (exact) mass is 365 g/mol. The Balaban J connectivity index is 2.04. The minimum absolute atomic E-state index is 0.177. The lowest BCUT2D eigenvalue weighted by Crippen LogP contribution is -3.61. The number of halogens is 4. The van der Waals surface area contributed by atoms with Crippen LogP contribution in [0.3, 0.4) is 0 Å². The summed E-state index contributed by atoms with van der Waals surface area (Å²) >= 11 is -0.355. The molecular formula is C13H9F3IO+. The quantitative estimate of drug-likeness (QED) is 0.729. The van der Waals surface area contributed by atoms with Crippen LogP contribution in [0.5, 0.6) is 5.75 Å². The molecular weight excluding hydrogens is 356 g/mol. The van der Waals surface area contributed by atoms with Gasteiger partial charge in [-0.15, -0.1) is 13.2 Å². The highest BCUT2D eigenvalue weighted by Crippen LogP contribution is 2.21. The van der Waals surface area contributed by atoms with Crippen LogP contribution in [0.4, 0.5) is 13.2 Å². The predicted molar refractivity (Wildman–Crippen MR) is 57.0 cm³/mol. The Morgan fingerprint density at radius 3 is 1.89 bits per heavy atom. The summed E-state index contributed by atoms with van der Waals surface area (Å²) < 4.78 is 42.0. The van der Waals surface area contributed by atoms with E-state index in [1.807, 2.05) is 30.3 Å². The zero-order valence-corrected chi connectivity index (χ0v) is 11.3. The molecule has 94 valence electrons. The summed E-state index contributed by atoms with van der Waals surface area (Å²) in [4.78, 5) is 0. The van der Waals surface area contributed by atoms with E-state index in [-0.39, 0.29) is 27.0 Å². The molecule has 0 amide bonds. The van der Waals surface area contributed by atoms with Crippen molar-refractivity contribution in [2.75, 3.05) is 0 Å². The molecule has 0 aromatic heterocycles. The van der Waals surface area contributed by atoms with Crippen molar-refractivity contribution in [1.82, 2.24) is 0 Å². The standard InChI is InChI=1S/C13H9F3IO/c14-13(15,16)18-12-8-6-11(7-9-12)17-10-4-2-1-3-5-10/h1-9H/q+1. The molecule has 5 heteroatoms. The number of ether oxygens (including phenoxy) is 1. The summed E-state index contributed by atoms with van der Waals surface area (Å²) in [6, 6.07) is 16.0. The van der Waals surface area contributed by atoms with Crippen molar-refractivity contribution >= 4 is 0 Å². The van der Waals surface area contributed by atoms with Crippen molar-refractivity contribution < 1.29 is 39.1 Å². The van der Waals surface area contributed by atoms with E-state index < -0.39 is 6.36 Å². The van der Waals surface area contributed by atoms with Gasteiger partial charge < -0.3 is 4.74 Å². The lowest BCUT2D eigenvalue weighted by atomic mass is 10.3. The van der Waals surface area contributed by atoms with Gasteiger partial charge in [0.1, 0.15) is 5.75 Å². The Labute approximate surface area is 113 Å². The van der Waals surface area contributed by atoms with Crippen molar-refractivity contribution in [3.63, 3.8) is 0 Å². The SMILES string of the molecule is FC(F)(F)Oc1ccc([I+]c2ccccc2)cc1. The summed E-state index contributed by atoms with van der Waals surface area (Å²) in [7, 11) is 0. The van der Waals surface area contributed by atoms with Gasteiger partial charge in [0.25, 0.3) is 0 Å². The highest BCUT2D eigenvalue weighted by atomic mass is 127. The van der Waals surface area contributed by atoms with Crippen molar-refractivity contribution in [3.8, 4) is 5.75 Å². The van der Waals surface area contributed by atoms with Gasteiger partial charge in [0, 0.05) is 0 Å². The molecule has 0 saturated carbocycles. The topological polar surface area (TPSA) is 9.23 Å². The lowest BCUT2D eigenvalue weighted by Gasteiger charge is -2.07. The number of hydrogen-bond acceptors (Lipinski definition) is 1. The Morgan fingerprint density at radius 1 is 0.778 bits per heavy atom. The second-order valence-corrected chi connectivity index (χ2v) is 6.42. The van der Waals surface area contributed by atoms with Gasteiger partial charge in [0.05, 0.1) is 0 Å². The minimum Gasteiger partial charge on any atom is -0.406 e. The van der Waals surface area contributed by atoms with Crippen LogP contribution in [-0.4, -0.2) is 6.36 Å². The number of alkyl halides is 3. The highest BCUT2D eigenvalue weighted by molar-refractivity contribution is 5.21. The third kappa shape index (κ3) is 4.21. The first-order chi connectivity index (χ1) is 8.53. The van der Waals surface area contributed by atoms with Crippen molar-refractivity contribution in [2.45, 2.75) is 6.36 Å². The van der Waals surface area contributed by atoms with E-state index in [4.69, 9.17) is 0 Å². The van der Waals surface area contributed by atoms with Crippen LogP contribution in [0.15, 0.2) is 54.6 Å². The zero-order valence-electron chi connectivity index (χ0n) is 9.12. The first-order valence-electron chi connectivity index (χ1n) is 5.09. The Morgan fingerprint density at radius 2 is 1.33 bits per heavy atom. The second kappa shape index (κ2) is 5.60. The fourth-order valence-corrected chi connectivity index (χ4v) is 3.52. The molecule has 0 N–H and O–H groups in total. The number of benzene rings is 2. The summed E-state index contributed by atoms with van der Waals surface area (Å²) in [6.07, 6.45) is -4.63. The third-order valence-electron chi connectivity index (χ3n) is 2.00. The molecule has 2 aromatic carbocycles. The molecule has 0 heterocycles. The highest BCUT2D eigenvalue weighted by Gasteiger charge is 2.31. The second-order valence-electron chi connectivity index (χ2n) is 3.39. The van der Waals surface area contributed by atoms with Gasteiger partial charge in [-0.3, -0.25) is 0 Å². The van der Waals surface area contributed by atoms with Gasteiger partial charge in [-0.1, -0.05) is 18.2 Å². The molecule has 0 aliphatic carbocycles. The van der Waals surface area contributed by atoms with Gasteiger partial charge in [-0.2, -0.15) is 0 Å². The number of rotatable bonds is 3. The molecule has 18 heavy (non-hydrogen) atoms. The normalized spacial score (nSPS) is 11.3. The van der Waals surface area contributed by atoms with Gasteiger partial charge in [0.2, 0.25) is 0 Å². The molecule has 0 aliphatic heterocycles. The van der Waals surface area contributed by atoms with E-state index >= 15 is 0 Å². The van der Waals surface area contributed by atoms with Gasteiger partial charge in [0.15, 0.2) is 7.14 Å². The van der Waals surface area contributed by atoms with Crippen LogP contribution in [0.2, 0.25) is 0 Å². The van der Waals surface area contributed by atoms with E-state index in [0.29, 0.717) is 0 Å². The molecule has 0 spiro atoms. The molecule has 0 unspecified atom stereocenters. The smallest absolute Gasteiger partial charge is 0.406 e. The first kappa shape index (κ1) is 13.2. The Bertz CT molecular complexity index is 494. The molecule has 0 saturated heterocycles. The van der Waals surface area contributed by atoms with Crippen molar-refractivity contribution in [2.24, 2.45) is 0 Å².